The van der Waals surface area contributed by atoms with Crippen LogP contribution in [0, 0.1) is 0 Å². The Kier molecular flexibility index (Phi) is 3.76. The molecule has 6 heteroatoms. The monoisotopic (exact) mass is 362 g/mol. The number of aromatic amines is 1. The number of nitrogens with zero attached hydrogens (tertiary/aromatic N) is 1. The molecule has 23 heavy (non-hydrogen) atoms. The van der Waals surface area contributed by atoms with Gasteiger partial charge in [0.1, 0.15) is 10.7 Å². The Morgan fingerprint density at radius 3 is 2.87 bits per heavy atom. The van der Waals surface area contributed by atoms with Crippen LogP contribution in [0.1, 0.15) is 28.2 Å². The molecule has 2 heterocycles. The second-order valence-electron chi connectivity index (χ2n) is 5.50. The molecule has 0 amide bonds. The molecule has 0 fully saturated rings. The van der Waals surface area contributed by atoms with Gasteiger partial charge >= 0.3 is 0 Å². The molecule has 0 atom stereocenters. The van der Waals surface area contributed by atoms with Crippen LogP contribution in [-0.2, 0) is 12.8 Å². The summed E-state index contributed by atoms with van der Waals surface area (Å²) in [6, 6.07) is 5.38. The van der Waals surface area contributed by atoms with Gasteiger partial charge in [-0.05, 0) is 48.6 Å². The number of halogens is 2. The number of benzene rings is 1. The van der Waals surface area contributed by atoms with Gasteiger partial charge in [0.25, 0.3) is 5.56 Å². The molecule has 1 aromatic carbocycles. The van der Waals surface area contributed by atoms with Gasteiger partial charge in [-0.25, -0.2) is 4.98 Å². The highest BCUT2D eigenvalue weighted by molar-refractivity contribution is 7.18. The van der Waals surface area contributed by atoms with Crippen LogP contribution in [0.2, 0.25) is 10.0 Å². The molecule has 3 aromatic rings. The maximum absolute atomic E-state index is 12.4. The number of fused-ring (bicyclic) bond motifs is 3. The third kappa shape index (κ3) is 2.71. The van der Waals surface area contributed by atoms with Gasteiger partial charge < -0.3 is 4.98 Å². The summed E-state index contributed by atoms with van der Waals surface area (Å²) in [5.41, 5.74) is 2.04. The predicted octanol–water partition coefficient (Wildman–Crippen LogP) is 4.95. The highest BCUT2D eigenvalue weighted by atomic mass is 35.5. The first-order valence-corrected chi connectivity index (χ1v) is 8.87. The summed E-state index contributed by atoms with van der Waals surface area (Å²) in [5, 5.41) is 1.79. The van der Waals surface area contributed by atoms with E-state index in [0.717, 1.165) is 35.0 Å². The number of rotatable bonds is 2. The summed E-state index contributed by atoms with van der Waals surface area (Å²) >= 11 is 13.5. The van der Waals surface area contributed by atoms with E-state index in [1.165, 1.54) is 10.4 Å². The molecule has 0 radical (unpaired) electrons. The zero-order chi connectivity index (χ0) is 16.0. The second kappa shape index (κ2) is 5.78. The molecule has 1 aliphatic carbocycles. The molecule has 1 N–H and O–H groups in total. The minimum absolute atomic E-state index is 0.0526. The Balaban J connectivity index is 1.73. The van der Waals surface area contributed by atoms with Crippen LogP contribution in [-0.4, -0.2) is 9.97 Å². The third-order valence-corrected chi connectivity index (χ3v) is 5.90. The van der Waals surface area contributed by atoms with Crippen LogP contribution in [0.25, 0.3) is 22.4 Å². The van der Waals surface area contributed by atoms with Crippen LogP contribution in [0.3, 0.4) is 0 Å². The van der Waals surface area contributed by atoms with E-state index in [1.807, 2.05) is 12.1 Å². The number of aromatic nitrogens is 2. The highest BCUT2D eigenvalue weighted by Gasteiger charge is 2.20. The average molecular weight is 363 g/mol. The summed E-state index contributed by atoms with van der Waals surface area (Å²) < 4.78 is 0. The first kappa shape index (κ1) is 14.9. The number of hydrogen-bond acceptors (Lipinski definition) is 3. The van der Waals surface area contributed by atoms with Crippen molar-refractivity contribution in [1.29, 1.82) is 0 Å². The largest absolute Gasteiger partial charge is 0.306 e. The Morgan fingerprint density at radius 2 is 2.04 bits per heavy atom. The van der Waals surface area contributed by atoms with E-state index in [4.69, 9.17) is 23.2 Å². The van der Waals surface area contributed by atoms with Crippen molar-refractivity contribution < 1.29 is 0 Å². The molecular formula is C17H12Cl2N2OS. The average Bonchev–Trinajstić information content (AvgIpc) is 3.08. The lowest BCUT2D eigenvalue weighted by molar-refractivity contribution is 0.916. The van der Waals surface area contributed by atoms with Crippen LogP contribution >= 0.6 is 34.5 Å². The zero-order valence-corrected chi connectivity index (χ0v) is 14.4. The SMILES string of the molecule is O=c1[nH]c(/C=C/c2ccc(Cl)c(Cl)c2)nc2sc3c(c12)CCC3. The molecule has 0 saturated carbocycles. The normalized spacial score (nSPS) is 14.0. The fourth-order valence-electron chi connectivity index (χ4n) is 2.89. The molecule has 0 aliphatic heterocycles. The minimum atomic E-state index is -0.0526. The number of hydrogen-bond donors (Lipinski definition) is 1. The summed E-state index contributed by atoms with van der Waals surface area (Å²) in [4.78, 5) is 21.9. The summed E-state index contributed by atoms with van der Waals surface area (Å²) in [7, 11) is 0. The quantitative estimate of drug-likeness (QED) is 0.700. The van der Waals surface area contributed by atoms with Gasteiger partial charge in [-0.1, -0.05) is 35.3 Å². The van der Waals surface area contributed by atoms with Crippen LogP contribution < -0.4 is 5.56 Å². The first-order valence-electron chi connectivity index (χ1n) is 7.29. The minimum Gasteiger partial charge on any atom is -0.306 e. The van der Waals surface area contributed by atoms with Gasteiger partial charge in [-0.3, -0.25) is 4.79 Å². The van der Waals surface area contributed by atoms with Gasteiger partial charge in [-0.15, -0.1) is 11.3 Å². The predicted molar refractivity (Wildman–Crippen MR) is 97.7 cm³/mol. The maximum atomic E-state index is 12.4. The van der Waals surface area contributed by atoms with Crippen molar-refractivity contribution in [2.24, 2.45) is 0 Å². The zero-order valence-electron chi connectivity index (χ0n) is 12.0. The molecule has 3 nitrogen and oxygen atoms in total. The molecule has 0 bridgehead atoms. The Hall–Kier alpha value is -1.62. The molecule has 2 aromatic heterocycles. The van der Waals surface area contributed by atoms with Crippen LogP contribution in [0.4, 0.5) is 0 Å². The number of thiophene rings is 1. The Labute approximate surface area is 146 Å². The highest BCUT2D eigenvalue weighted by Crippen LogP contribution is 2.34. The van der Waals surface area contributed by atoms with Gasteiger partial charge in [0.05, 0.1) is 15.4 Å². The molecular weight excluding hydrogens is 351 g/mol. The lowest BCUT2D eigenvalue weighted by Gasteiger charge is -1.98. The lowest BCUT2D eigenvalue weighted by Crippen LogP contribution is -2.09. The molecule has 0 unspecified atom stereocenters. The van der Waals surface area contributed by atoms with Crippen molar-refractivity contribution >= 4 is 56.9 Å². The topological polar surface area (TPSA) is 45.8 Å². The fraction of sp³-hybridized carbons (Fsp3) is 0.176. The molecule has 0 spiro atoms. The summed E-state index contributed by atoms with van der Waals surface area (Å²) in [6.07, 6.45) is 6.82. The van der Waals surface area contributed by atoms with Gasteiger partial charge in [0.2, 0.25) is 0 Å². The summed E-state index contributed by atoms with van der Waals surface area (Å²) in [5.74, 6) is 0.550. The van der Waals surface area contributed by atoms with Crippen molar-refractivity contribution in [3.63, 3.8) is 0 Å². The van der Waals surface area contributed by atoms with E-state index in [2.05, 4.69) is 9.97 Å². The van der Waals surface area contributed by atoms with E-state index in [0.29, 0.717) is 15.9 Å². The number of H-pyrrole nitrogens is 1. The molecule has 0 saturated heterocycles. The van der Waals surface area contributed by atoms with Crippen molar-refractivity contribution in [1.82, 2.24) is 9.97 Å². The second-order valence-corrected chi connectivity index (χ2v) is 7.39. The van der Waals surface area contributed by atoms with Crippen molar-refractivity contribution in [2.75, 3.05) is 0 Å². The maximum Gasteiger partial charge on any atom is 0.260 e. The standard InChI is InChI=1S/C17H12Cl2N2OS/c18-11-6-4-9(8-12(11)19)5-7-14-20-16(22)15-10-2-1-3-13(10)23-17(15)21-14/h4-8H,1-3H2,(H,20,21,22)/b7-5+. The third-order valence-electron chi connectivity index (χ3n) is 3.97. The van der Waals surface area contributed by atoms with E-state index < -0.39 is 0 Å². The van der Waals surface area contributed by atoms with Crippen molar-refractivity contribution in [3.05, 3.63) is 60.4 Å². The van der Waals surface area contributed by atoms with E-state index in [1.54, 1.807) is 29.5 Å². The lowest BCUT2D eigenvalue weighted by atomic mass is 10.2. The molecule has 4 rings (SSSR count). The van der Waals surface area contributed by atoms with Crippen LogP contribution in [0.15, 0.2) is 23.0 Å². The van der Waals surface area contributed by atoms with E-state index >= 15 is 0 Å². The van der Waals surface area contributed by atoms with Crippen molar-refractivity contribution in [2.45, 2.75) is 19.3 Å². The molecule has 1 aliphatic rings. The summed E-state index contributed by atoms with van der Waals surface area (Å²) in [6.45, 7) is 0. The fourth-order valence-corrected chi connectivity index (χ4v) is 4.46. The Morgan fingerprint density at radius 1 is 1.17 bits per heavy atom. The smallest absolute Gasteiger partial charge is 0.260 e. The van der Waals surface area contributed by atoms with E-state index in [-0.39, 0.29) is 5.56 Å². The van der Waals surface area contributed by atoms with Gasteiger partial charge in [-0.2, -0.15) is 0 Å². The molecule has 116 valence electrons. The van der Waals surface area contributed by atoms with Gasteiger partial charge in [0.15, 0.2) is 0 Å². The number of nitrogens with one attached hydrogen (secondary N) is 1. The number of aryl methyl sites for hydroxylation is 2. The van der Waals surface area contributed by atoms with Crippen molar-refractivity contribution in [3.8, 4) is 0 Å². The van der Waals surface area contributed by atoms with Gasteiger partial charge in [0, 0.05) is 4.88 Å². The van der Waals surface area contributed by atoms with Crippen LogP contribution in [0.5, 0.6) is 0 Å². The first-order chi connectivity index (χ1) is 11.1. The van der Waals surface area contributed by atoms with E-state index in [9.17, 15) is 4.79 Å². The Bertz CT molecular complexity index is 1000.